The number of phenolic OH excluding ortho intramolecular Hbond substituents is 1. The van der Waals surface area contributed by atoms with Crippen molar-refractivity contribution < 1.29 is 19.6 Å². The Morgan fingerprint density at radius 1 is 1.40 bits per heavy atom. The van der Waals surface area contributed by atoms with Gasteiger partial charge in [0.2, 0.25) is 0 Å². The van der Waals surface area contributed by atoms with Crippen molar-refractivity contribution in [3.05, 3.63) is 62.7 Å². The molecular formula is C16H14ClN3O5. The number of carbonyl (C=O) groups is 1. The lowest BCUT2D eigenvalue weighted by Crippen LogP contribution is -2.24. The summed E-state index contributed by atoms with van der Waals surface area (Å²) in [6.07, 6.45) is 1.07. The fraction of sp³-hybridized carbons (Fsp3) is 0.125. The second kappa shape index (κ2) is 8.11. The summed E-state index contributed by atoms with van der Waals surface area (Å²) in [5, 5.41) is 24.5. The zero-order valence-electron chi connectivity index (χ0n) is 13.1. The number of nitrogens with zero attached hydrogens (tertiary/aromatic N) is 2. The van der Waals surface area contributed by atoms with E-state index in [-0.39, 0.29) is 23.6 Å². The quantitative estimate of drug-likeness (QED) is 0.465. The predicted octanol–water partition coefficient (Wildman–Crippen LogP) is 2.79. The third-order valence-electron chi connectivity index (χ3n) is 3.10. The molecule has 0 aliphatic heterocycles. The molecule has 0 spiro atoms. The number of rotatable bonds is 6. The highest BCUT2D eigenvalue weighted by atomic mass is 35.5. The van der Waals surface area contributed by atoms with Gasteiger partial charge < -0.3 is 9.84 Å². The van der Waals surface area contributed by atoms with Gasteiger partial charge in [-0.05, 0) is 42.8 Å². The van der Waals surface area contributed by atoms with E-state index in [1.165, 1.54) is 12.1 Å². The average Bonchev–Trinajstić information content (AvgIpc) is 2.56. The number of aromatic hydroxyl groups is 1. The summed E-state index contributed by atoms with van der Waals surface area (Å²) in [5.74, 6) is -0.226. The molecule has 0 bridgehead atoms. The van der Waals surface area contributed by atoms with Crippen LogP contribution in [0.2, 0.25) is 5.02 Å². The topological polar surface area (TPSA) is 114 Å². The minimum atomic E-state index is -0.616. The van der Waals surface area contributed by atoms with Crippen LogP contribution in [0.1, 0.15) is 11.1 Å². The van der Waals surface area contributed by atoms with Crippen LogP contribution in [0.25, 0.3) is 0 Å². The Balaban J connectivity index is 1.93. The number of nitrogens with one attached hydrogen (secondary N) is 1. The second-order valence-electron chi connectivity index (χ2n) is 4.99. The van der Waals surface area contributed by atoms with Gasteiger partial charge in [-0.3, -0.25) is 14.9 Å². The van der Waals surface area contributed by atoms with E-state index in [0.29, 0.717) is 10.8 Å². The molecule has 130 valence electrons. The van der Waals surface area contributed by atoms with E-state index in [4.69, 9.17) is 16.3 Å². The van der Waals surface area contributed by atoms with Gasteiger partial charge in [-0.2, -0.15) is 5.10 Å². The van der Waals surface area contributed by atoms with Crippen LogP contribution in [-0.4, -0.2) is 28.8 Å². The van der Waals surface area contributed by atoms with Gasteiger partial charge in [0.25, 0.3) is 11.6 Å². The van der Waals surface area contributed by atoms with Crippen LogP contribution in [-0.2, 0) is 4.79 Å². The molecule has 0 aliphatic carbocycles. The Hall–Kier alpha value is -3.13. The van der Waals surface area contributed by atoms with Crippen molar-refractivity contribution in [1.82, 2.24) is 5.43 Å². The SMILES string of the molecule is Cc1cc(OCC(=O)N/N=C\c2cc(O)ccc2[N+](=O)[O-])ccc1Cl. The number of amides is 1. The number of hydrogen-bond acceptors (Lipinski definition) is 6. The largest absolute Gasteiger partial charge is 0.508 e. The van der Waals surface area contributed by atoms with Gasteiger partial charge in [-0.25, -0.2) is 5.43 Å². The van der Waals surface area contributed by atoms with Crippen molar-refractivity contribution in [2.75, 3.05) is 6.61 Å². The van der Waals surface area contributed by atoms with Crippen LogP contribution >= 0.6 is 11.6 Å². The van der Waals surface area contributed by atoms with Crippen molar-refractivity contribution in [3.8, 4) is 11.5 Å². The third kappa shape index (κ3) is 5.18. The average molecular weight is 364 g/mol. The number of aryl methyl sites for hydroxylation is 1. The van der Waals surface area contributed by atoms with E-state index >= 15 is 0 Å². The molecule has 2 aromatic rings. The van der Waals surface area contributed by atoms with Crippen molar-refractivity contribution in [3.63, 3.8) is 0 Å². The first-order valence-corrected chi connectivity index (χ1v) is 7.43. The van der Waals surface area contributed by atoms with E-state index in [2.05, 4.69) is 10.5 Å². The summed E-state index contributed by atoms with van der Waals surface area (Å²) in [5.41, 5.74) is 2.81. The zero-order chi connectivity index (χ0) is 18.4. The maximum Gasteiger partial charge on any atom is 0.278 e. The standard InChI is InChI=1S/C16H14ClN3O5/c1-10-6-13(3-4-14(10)17)25-9-16(22)19-18-8-11-7-12(21)2-5-15(11)20(23)24/h2-8,21H,9H2,1H3,(H,19,22)/b18-8-. The highest BCUT2D eigenvalue weighted by Gasteiger charge is 2.12. The minimum absolute atomic E-state index is 0.0551. The fourth-order valence-electron chi connectivity index (χ4n) is 1.87. The molecule has 0 aliphatic rings. The van der Waals surface area contributed by atoms with E-state index in [0.717, 1.165) is 17.8 Å². The number of benzene rings is 2. The first kappa shape index (κ1) is 18.2. The molecular weight excluding hydrogens is 350 g/mol. The Kier molecular flexibility index (Phi) is 5.91. The summed E-state index contributed by atoms with van der Waals surface area (Å²) in [4.78, 5) is 22.0. The highest BCUT2D eigenvalue weighted by Crippen LogP contribution is 2.22. The lowest BCUT2D eigenvalue weighted by Gasteiger charge is -2.06. The molecule has 2 N–H and O–H groups in total. The van der Waals surface area contributed by atoms with Crippen LogP contribution in [0.15, 0.2) is 41.5 Å². The molecule has 2 rings (SSSR count). The number of phenols is 1. The van der Waals surface area contributed by atoms with Crippen LogP contribution in [0.3, 0.4) is 0 Å². The zero-order valence-corrected chi connectivity index (χ0v) is 13.9. The first-order valence-electron chi connectivity index (χ1n) is 7.05. The summed E-state index contributed by atoms with van der Waals surface area (Å²) in [7, 11) is 0. The summed E-state index contributed by atoms with van der Waals surface area (Å²) in [6.45, 7) is 1.52. The number of hydrazone groups is 1. The first-order chi connectivity index (χ1) is 11.9. The normalized spacial score (nSPS) is 10.6. The third-order valence-corrected chi connectivity index (χ3v) is 3.52. The molecule has 0 fully saturated rings. The van der Waals surface area contributed by atoms with Crippen molar-refractivity contribution in [2.45, 2.75) is 6.92 Å². The van der Waals surface area contributed by atoms with Gasteiger partial charge in [0, 0.05) is 11.1 Å². The molecule has 0 saturated heterocycles. The molecule has 0 unspecified atom stereocenters. The number of nitro groups is 1. The monoisotopic (exact) mass is 363 g/mol. The van der Waals surface area contributed by atoms with Crippen LogP contribution in [0.4, 0.5) is 5.69 Å². The summed E-state index contributed by atoms with van der Waals surface area (Å²) >= 11 is 5.90. The van der Waals surface area contributed by atoms with Crippen molar-refractivity contribution in [1.29, 1.82) is 0 Å². The molecule has 0 radical (unpaired) electrons. The van der Waals surface area contributed by atoms with Crippen LogP contribution in [0, 0.1) is 17.0 Å². The number of halogens is 1. The van der Waals surface area contributed by atoms with E-state index < -0.39 is 10.8 Å². The predicted molar refractivity (Wildman–Crippen MR) is 92.2 cm³/mol. The van der Waals surface area contributed by atoms with Crippen molar-refractivity contribution in [2.24, 2.45) is 5.10 Å². The van der Waals surface area contributed by atoms with E-state index in [9.17, 15) is 20.0 Å². The Labute approximate surface area is 147 Å². The molecule has 1 amide bonds. The number of nitro benzene ring substituents is 1. The second-order valence-corrected chi connectivity index (χ2v) is 5.40. The van der Waals surface area contributed by atoms with Gasteiger partial charge in [-0.15, -0.1) is 0 Å². The lowest BCUT2D eigenvalue weighted by molar-refractivity contribution is -0.385. The minimum Gasteiger partial charge on any atom is -0.508 e. The Morgan fingerprint density at radius 3 is 2.84 bits per heavy atom. The van der Waals surface area contributed by atoms with E-state index in [1.54, 1.807) is 18.2 Å². The van der Waals surface area contributed by atoms with Gasteiger partial charge in [-0.1, -0.05) is 11.6 Å². The smallest absolute Gasteiger partial charge is 0.278 e. The van der Waals surface area contributed by atoms with E-state index in [1.807, 2.05) is 6.92 Å². The van der Waals surface area contributed by atoms with Gasteiger partial charge in [0.15, 0.2) is 6.61 Å². The molecule has 0 saturated carbocycles. The lowest BCUT2D eigenvalue weighted by atomic mass is 10.2. The molecule has 0 aromatic heterocycles. The summed E-state index contributed by atoms with van der Waals surface area (Å²) < 4.78 is 5.29. The number of carbonyl (C=O) groups excluding carboxylic acids is 1. The van der Waals surface area contributed by atoms with Gasteiger partial charge in [0.1, 0.15) is 11.5 Å². The Bertz CT molecular complexity index is 839. The maximum absolute atomic E-state index is 11.7. The molecule has 0 heterocycles. The molecule has 2 aromatic carbocycles. The molecule has 8 nitrogen and oxygen atoms in total. The van der Waals surface area contributed by atoms with Crippen LogP contribution in [0.5, 0.6) is 11.5 Å². The maximum atomic E-state index is 11.7. The molecule has 0 atom stereocenters. The van der Waals surface area contributed by atoms with Gasteiger partial charge in [0.05, 0.1) is 16.7 Å². The highest BCUT2D eigenvalue weighted by molar-refractivity contribution is 6.31. The molecule has 25 heavy (non-hydrogen) atoms. The number of ether oxygens (including phenoxy) is 1. The van der Waals surface area contributed by atoms with Crippen molar-refractivity contribution >= 4 is 29.4 Å². The summed E-state index contributed by atoms with van der Waals surface area (Å²) in [6, 6.07) is 8.47. The Morgan fingerprint density at radius 2 is 2.16 bits per heavy atom. The van der Waals surface area contributed by atoms with Crippen LogP contribution < -0.4 is 10.2 Å². The number of hydrogen-bond donors (Lipinski definition) is 2. The fourth-order valence-corrected chi connectivity index (χ4v) is 1.99. The van der Waals surface area contributed by atoms with Gasteiger partial charge >= 0.3 is 0 Å². The molecule has 9 heteroatoms.